The second-order valence-corrected chi connectivity index (χ2v) is 3.09. The fourth-order valence-corrected chi connectivity index (χ4v) is 1.13. The molecule has 0 radical (unpaired) electrons. The highest BCUT2D eigenvalue weighted by atomic mass is 16.6. The molecule has 6 nitrogen and oxygen atoms in total. The molecule has 0 amide bonds. The Hall–Kier alpha value is -2.11. The van der Waals surface area contributed by atoms with Gasteiger partial charge < -0.3 is 9.84 Å². The second-order valence-electron chi connectivity index (χ2n) is 3.09. The average Bonchev–Trinajstić information content (AvgIpc) is 2.25. The van der Waals surface area contributed by atoms with Crippen LogP contribution in [0.4, 0.5) is 5.69 Å². The maximum Gasteiger partial charge on any atom is 0.335 e. The summed E-state index contributed by atoms with van der Waals surface area (Å²) in [4.78, 5) is 20.7. The number of carbonyl (C=O) groups is 1. The van der Waals surface area contributed by atoms with E-state index in [0.29, 0.717) is 6.61 Å². The number of hydrogen-bond acceptors (Lipinski definition) is 4. The molecule has 0 atom stereocenters. The van der Waals surface area contributed by atoms with Gasteiger partial charge in [-0.25, -0.2) is 4.79 Å². The van der Waals surface area contributed by atoms with Gasteiger partial charge >= 0.3 is 11.7 Å². The van der Waals surface area contributed by atoms with Crippen LogP contribution in [-0.2, 0) is 0 Å². The lowest BCUT2D eigenvalue weighted by atomic mass is 10.2. The van der Waals surface area contributed by atoms with Crippen molar-refractivity contribution in [3.63, 3.8) is 0 Å². The summed E-state index contributed by atoms with van der Waals surface area (Å²) in [6, 6.07) is 3.57. The van der Waals surface area contributed by atoms with Crippen molar-refractivity contribution in [1.82, 2.24) is 0 Å². The van der Waals surface area contributed by atoms with Crippen molar-refractivity contribution in [2.24, 2.45) is 0 Å². The Kier molecular flexibility index (Phi) is 3.82. The van der Waals surface area contributed by atoms with Gasteiger partial charge in [0, 0.05) is 6.07 Å². The van der Waals surface area contributed by atoms with Crippen LogP contribution in [-0.4, -0.2) is 22.6 Å². The minimum atomic E-state index is -1.20. The molecular weight excluding hydrogens is 214 g/mol. The highest BCUT2D eigenvalue weighted by Gasteiger charge is 2.18. The Morgan fingerprint density at radius 2 is 2.25 bits per heavy atom. The van der Waals surface area contributed by atoms with Gasteiger partial charge in [-0.15, -0.1) is 0 Å². The summed E-state index contributed by atoms with van der Waals surface area (Å²) in [5, 5.41) is 19.4. The first kappa shape index (κ1) is 12.0. The standard InChI is InChI=1S/C10H11NO5/c1-2-5-16-9-4-3-7(10(12)13)6-8(9)11(14)15/h3-4,6H,2,5H2,1H3,(H,12,13). The summed E-state index contributed by atoms with van der Waals surface area (Å²) in [5.74, 6) is -1.11. The number of nitro benzene ring substituents is 1. The summed E-state index contributed by atoms with van der Waals surface area (Å²) >= 11 is 0. The quantitative estimate of drug-likeness (QED) is 0.612. The van der Waals surface area contributed by atoms with Crippen molar-refractivity contribution in [1.29, 1.82) is 0 Å². The Morgan fingerprint density at radius 3 is 2.75 bits per heavy atom. The average molecular weight is 225 g/mol. The minimum Gasteiger partial charge on any atom is -0.487 e. The molecule has 0 heterocycles. The van der Waals surface area contributed by atoms with E-state index in [1.807, 2.05) is 6.92 Å². The number of rotatable bonds is 5. The number of nitro groups is 1. The largest absolute Gasteiger partial charge is 0.487 e. The summed E-state index contributed by atoms with van der Waals surface area (Å²) in [7, 11) is 0. The third-order valence-corrected chi connectivity index (χ3v) is 1.86. The van der Waals surface area contributed by atoms with Crippen molar-refractivity contribution in [3.05, 3.63) is 33.9 Å². The fourth-order valence-electron chi connectivity index (χ4n) is 1.13. The van der Waals surface area contributed by atoms with E-state index in [1.165, 1.54) is 12.1 Å². The van der Waals surface area contributed by atoms with E-state index in [0.717, 1.165) is 12.5 Å². The predicted octanol–water partition coefficient (Wildman–Crippen LogP) is 2.08. The van der Waals surface area contributed by atoms with Gasteiger partial charge in [-0.05, 0) is 18.6 Å². The molecule has 0 aliphatic carbocycles. The number of aromatic carboxylic acids is 1. The zero-order valence-corrected chi connectivity index (χ0v) is 8.67. The molecule has 0 saturated carbocycles. The molecule has 0 saturated heterocycles. The van der Waals surface area contributed by atoms with E-state index in [2.05, 4.69) is 0 Å². The molecule has 1 N–H and O–H groups in total. The van der Waals surface area contributed by atoms with Crippen molar-refractivity contribution in [2.45, 2.75) is 13.3 Å². The third kappa shape index (κ3) is 2.69. The van der Waals surface area contributed by atoms with Crippen molar-refractivity contribution >= 4 is 11.7 Å². The van der Waals surface area contributed by atoms with Crippen LogP contribution in [0.2, 0.25) is 0 Å². The molecule has 1 aromatic rings. The van der Waals surface area contributed by atoms with Crippen LogP contribution in [0.3, 0.4) is 0 Å². The molecule has 6 heteroatoms. The zero-order valence-electron chi connectivity index (χ0n) is 8.67. The maximum absolute atomic E-state index is 10.7. The molecule has 0 aromatic heterocycles. The number of benzene rings is 1. The third-order valence-electron chi connectivity index (χ3n) is 1.86. The minimum absolute atomic E-state index is 0.0943. The lowest BCUT2D eigenvalue weighted by Crippen LogP contribution is -2.02. The van der Waals surface area contributed by atoms with Crippen LogP contribution >= 0.6 is 0 Å². The molecule has 16 heavy (non-hydrogen) atoms. The summed E-state index contributed by atoms with van der Waals surface area (Å²) in [6.45, 7) is 2.23. The second kappa shape index (κ2) is 5.11. The lowest BCUT2D eigenvalue weighted by Gasteiger charge is -2.05. The Balaban J connectivity index is 3.09. The van der Waals surface area contributed by atoms with Gasteiger partial charge in [0.2, 0.25) is 0 Å². The molecule has 1 rings (SSSR count). The molecule has 0 bridgehead atoms. The highest BCUT2D eigenvalue weighted by Crippen LogP contribution is 2.28. The van der Waals surface area contributed by atoms with E-state index in [-0.39, 0.29) is 17.0 Å². The number of ether oxygens (including phenoxy) is 1. The number of nitrogens with zero attached hydrogens (tertiary/aromatic N) is 1. The van der Waals surface area contributed by atoms with Gasteiger partial charge in [-0.3, -0.25) is 10.1 Å². The van der Waals surface area contributed by atoms with Crippen LogP contribution in [0, 0.1) is 10.1 Å². The lowest BCUT2D eigenvalue weighted by molar-refractivity contribution is -0.385. The first-order chi connectivity index (χ1) is 7.56. The molecule has 0 fully saturated rings. The van der Waals surface area contributed by atoms with E-state index in [4.69, 9.17) is 9.84 Å². The van der Waals surface area contributed by atoms with Crippen LogP contribution in [0.25, 0.3) is 0 Å². The van der Waals surface area contributed by atoms with Gasteiger partial charge in [0.25, 0.3) is 0 Å². The zero-order chi connectivity index (χ0) is 12.1. The summed E-state index contributed by atoms with van der Waals surface area (Å²) in [5.41, 5.74) is -0.455. The maximum atomic E-state index is 10.7. The smallest absolute Gasteiger partial charge is 0.335 e. The molecule has 0 unspecified atom stereocenters. The normalized spacial score (nSPS) is 9.81. The van der Waals surface area contributed by atoms with Gasteiger partial charge in [0.1, 0.15) is 0 Å². The number of hydrogen-bond donors (Lipinski definition) is 1. The summed E-state index contributed by atoms with van der Waals surface area (Å²) in [6.07, 6.45) is 0.720. The van der Waals surface area contributed by atoms with E-state index < -0.39 is 10.9 Å². The molecule has 1 aromatic carbocycles. The topological polar surface area (TPSA) is 89.7 Å². The van der Waals surface area contributed by atoms with Gasteiger partial charge in [0.05, 0.1) is 17.1 Å². The van der Waals surface area contributed by atoms with E-state index >= 15 is 0 Å². The van der Waals surface area contributed by atoms with Gasteiger partial charge in [-0.2, -0.15) is 0 Å². The van der Waals surface area contributed by atoms with Crippen LogP contribution in [0.5, 0.6) is 5.75 Å². The summed E-state index contributed by atoms with van der Waals surface area (Å²) < 4.78 is 5.15. The van der Waals surface area contributed by atoms with Crippen molar-refractivity contribution in [2.75, 3.05) is 6.61 Å². The van der Waals surface area contributed by atoms with Crippen LogP contribution in [0.15, 0.2) is 18.2 Å². The van der Waals surface area contributed by atoms with Gasteiger partial charge in [0.15, 0.2) is 5.75 Å². The SMILES string of the molecule is CCCOc1ccc(C(=O)O)cc1[N+](=O)[O-]. The van der Waals surface area contributed by atoms with E-state index in [1.54, 1.807) is 0 Å². The van der Waals surface area contributed by atoms with E-state index in [9.17, 15) is 14.9 Å². The van der Waals surface area contributed by atoms with Crippen LogP contribution in [0.1, 0.15) is 23.7 Å². The molecule has 86 valence electrons. The monoisotopic (exact) mass is 225 g/mol. The van der Waals surface area contributed by atoms with Crippen molar-refractivity contribution < 1.29 is 19.6 Å². The first-order valence-corrected chi connectivity index (χ1v) is 4.70. The number of carboxylic acids is 1. The Morgan fingerprint density at radius 1 is 1.56 bits per heavy atom. The first-order valence-electron chi connectivity index (χ1n) is 4.70. The molecule has 0 aliphatic rings. The predicted molar refractivity (Wildman–Crippen MR) is 55.8 cm³/mol. The van der Waals surface area contributed by atoms with Crippen LogP contribution < -0.4 is 4.74 Å². The highest BCUT2D eigenvalue weighted by molar-refractivity contribution is 5.88. The number of carboxylic acid groups (broad SMARTS) is 1. The molecule has 0 spiro atoms. The molecular formula is C10H11NO5. The van der Waals surface area contributed by atoms with Gasteiger partial charge in [-0.1, -0.05) is 6.92 Å². The Bertz CT molecular complexity index is 416. The Labute approximate surface area is 91.6 Å². The van der Waals surface area contributed by atoms with Crippen molar-refractivity contribution in [3.8, 4) is 5.75 Å². The molecule has 0 aliphatic heterocycles. The fraction of sp³-hybridized carbons (Fsp3) is 0.300.